The lowest BCUT2D eigenvalue weighted by atomic mass is 10.0. The molecule has 1 aliphatic carbocycles. The number of halogens is 1. The van der Waals surface area contributed by atoms with Crippen LogP contribution in [-0.2, 0) is 6.54 Å². The SMILES string of the molecule is Clc1cccc2c1OCCCC2NCc1nnnn1C1CC1. The third kappa shape index (κ3) is 2.68. The van der Waals surface area contributed by atoms with E-state index in [0.717, 1.165) is 30.0 Å². The van der Waals surface area contributed by atoms with Crippen molar-refractivity contribution in [3.8, 4) is 5.75 Å². The summed E-state index contributed by atoms with van der Waals surface area (Å²) in [5.41, 5.74) is 1.12. The molecule has 4 rings (SSSR count). The van der Waals surface area contributed by atoms with Crippen LogP contribution in [0.3, 0.4) is 0 Å². The highest BCUT2D eigenvalue weighted by Gasteiger charge is 2.28. The molecular formula is C15H18ClN5O. The van der Waals surface area contributed by atoms with Gasteiger partial charge in [0.05, 0.1) is 24.2 Å². The van der Waals surface area contributed by atoms with E-state index in [1.54, 1.807) is 0 Å². The van der Waals surface area contributed by atoms with E-state index in [-0.39, 0.29) is 6.04 Å². The highest BCUT2D eigenvalue weighted by atomic mass is 35.5. The van der Waals surface area contributed by atoms with Gasteiger partial charge in [0.1, 0.15) is 5.75 Å². The van der Waals surface area contributed by atoms with Gasteiger partial charge in [0, 0.05) is 11.6 Å². The first-order valence-electron chi connectivity index (χ1n) is 7.74. The lowest BCUT2D eigenvalue weighted by molar-refractivity contribution is 0.315. The van der Waals surface area contributed by atoms with Crippen LogP contribution >= 0.6 is 11.6 Å². The number of benzene rings is 1. The summed E-state index contributed by atoms with van der Waals surface area (Å²) in [6.45, 7) is 1.36. The van der Waals surface area contributed by atoms with Crippen LogP contribution in [0.2, 0.25) is 5.02 Å². The fraction of sp³-hybridized carbons (Fsp3) is 0.533. The lowest BCUT2D eigenvalue weighted by Gasteiger charge is -2.18. The summed E-state index contributed by atoms with van der Waals surface area (Å²) in [5.74, 6) is 1.71. The van der Waals surface area contributed by atoms with E-state index >= 15 is 0 Å². The smallest absolute Gasteiger partial charge is 0.165 e. The standard InChI is InChI=1S/C15H18ClN5O/c16-12-4-1-3-11-13(5-2-8-22-15(11)12)17-9-14-18-19-20-21(14)10-6-7-10/h1,3-4,10,13,17H,2,5-9H2. The topological polar surface area (TPSA) is 64.9 Å². The van der Waals surface area contributed by atoms with Gasteiger partial charge in [-0.3, -0.25) is 0 Å². The first-order chi connectivity index (χ1) is 10.8. The van der Waals surface area contributed by atoms with Crippen molar-refractivity contribution < 1.29 is 4.74 Å². The summed E-state index contributed by atoms with van der Waals surface area (Å²) in [6, 6.07) is 6.62. The first-order valence-corrected chi connectivity index (χ1v) is 8.12. The third-order valence-electron chi connectivity index (χ3n) is 4.22. The molecule has 0 bridgehead atoms. The largest absolute Gasteiger partial charge is 0.492 e. The van der Waals surface area contributed by atoms with Crippen molar-refractivity contribution in [2.75, 3.05) is 6.61 Å². The maximum absolute atomic E-state index is 6.27. The maximum Gasteiger partial charge on any atom is 0.165 e. The van der Waals surface area contributed by atoms with Gasteiger partial charge in [-0.25, -0.2) is 4.68 Å². The van der Waals surface area contributed by atoms with Crippen LogP contribution in [-0.4, -0.2) is 26.8 Å². The summed E-state index contributed by atoms with van der Waals surface area (Å²) in [4.78, 5) is 0. The normalized spacial score (nSPS) is 21.0. The van der Waals surface area contributed by atoms with E-state index in [1.807, 2.05) is 16.8 Å². The summed E-state index contributed by atoms with van der Waals surface area (Å²) in [7, 11) is 0. The highest BCUT2D eigenvalue weighted by Crippen LogP contribution is 2.37. The second-order valence-corrected chi connectivity index (χ2v) is 6.26. The van der Waals surface area contributed by atoms with Crippen LogP contribution in [0.1, 0.15) is 49.2 Å². The van der Waals surface area contributed by atoms with E-state index < -0.39 is 0 Å². The van der Waals surface area contributed by atoms with Gasteiger partial charge in [0.15, 0.2) is 5.82 Å². The number of nitrogens with zero attached hydrogens (tertiary/aromatic N) is 4. The molecule has 116 valence electrons. The second-order valence-electron chi connectivity index (χ2n) is 5.85. The van der Waals surface area contributed by atoms with E-state index in [0.29, 0.717) is 24.2 Å². The number of nitrogens with one attached hydrogen (secondary N) is 1. The Morgan fingerprint density at radius 2 is 2.23 bits per heavy atom. The molecule has 7 heteroatoms. The zero-order valence-corrected chi connectivity index (χ0v) is 13.0. The summed E-state index contributed by atoms with van der Waals surface area (Å²) in [6.07, 6.45) is 4.36. The van der Waals surface area contributed by atoms with Gasteiger partial charge in [-0.15, -0.1) is 5.10 Å². The fourth-order valence-electron chi connectivity index (χ4n) is 2.93. The van der Waals surface area contributed by atoms with Crippen molar-refractivity contribution in [2.45, 2.75) is 44.3 Å². The summed E-state index contributed by atoms with van der Waals surface area (Å²) >= 11 is 6.27. The molecule has 1 fully saturated rings. The van der Waals surface area contributed by atoms with Gasteiger partial charge < -0.3 is 10.1 Å². The molecule has 0 saturated heterocycles. The lowest BCUT2D eigenvalue weighted by Crippen LogP contribution is -2.23. The monoisotopic (exact) mass is 319 g/mol. The third-order valence-corrected chi connectivity index (χ3v) is 4.51. The number of fused-ring (bicyclic) bond motifs is 1. The van der Waals surface area contributed by atoms with Crippen LogP contribution in [0.25, 0.3) is 0 Å². The maximum atomic E-state index is 6.27. The molecule has 2 heterocycles. The predicted octanol–water partition coefficient (Wildman–Crippen LogP) is 2.66. The van der Waals surface area contributed by atoms with E-state index in [1.165, 1.54) is 12.8 Å². The van der Waals surface area contributed by atoms with E-state index in [9.17, 15) is 0 Å². The molecule has 1 unspecified atom stereocenters. The van der Waals surface area contributed by atoms with Crippen molar-refractivity contribution in [2.24, 2.45) is 0 Å². The minimum Gasteiger partial charge on any atom is -0.492 e. The molecule has 1 aromatic carbocycles. The zero-order valence-electron chi connectivity index (χ0n) is 12.2. The Balaban J connectivity index is 1.53. The highest BCUT2D eigenvalue weighted by molar-refractivity contribution is 6.32. The Morgan fingerprint density at radius 3 is 3.09 bits per heavy atom. The fourth-order valence-corrected chi connectivity index (χ4v) is 3.16. The number of para-hydroxylation sites is 1. The Labute approximate surface area is 133 Å². The molecule has 0 amide bonds. The zero-order chi connectivity index (χ0) is 14.9. The Kier molecular flexibility index (Phi) is 3.72. The predicted molar refractivity (Wildman–Crippen MR) is 81.8 cm³/mol. The van der Waals surface area contributed by atoms with E-state index in [2.05, 4.69) is 26.9 Å². The van der Waals surface area contributed by atoms with Crippen molar-refractivity contribution in [1.82, 2.24) is 25.5 Å². The van der Waals surface area contributed by atoms with Gasteiger partial charge in [0.2, 0.25) is 0 Å². The minimum absolute atomic E-state index is 0.209. The molecule has 0 spiro atoms. The molecule has 0 radical (unpaired) electrons. The van der Waals surface area contributed by atoms with Crippen molar-refractivity contribution in [3.05, 3.63) is 34.6 Å². The average Bonchev–Trinajstić information content (AvgIpc) is 3.30. The molecule has 1 aromatic heterocycles. The van der Waals surface area contributed by atoms with Gasteiger partial charge >= 0.3 is 0 Å². The van der Waals surface area contributed by atoms with Crippen LogP contribution in [0.4, 0.5) is 0 Å². The first kappa shape index (κ1) is 14.0. The summed E-state index contributed by atoms with van der Waals surface area (Å²) < 4.78 is 7.74. The van der Waals surface area contributed by atoms with Gasteiger partial charge in [-0.1, -0.05) is 23.7 Å². The molecule has 1 N–H and O–H groups in total. The number of rotatable bonds is 4. The number of ether oxygens (including phenoxy) is 1. The number of tetrazole rings is 1. The van der Waals surface area contributed by atoms with Crippen LogP contribution in [0.15, 0.2) is 18.2 Å². The number of hydrogen-bond acceptors (Lipinski definition) is 5. The van der Waals surface area contributed by atoms with Gasteiger partial charge in [-0.05, 0) is 42.2 Å². The number of hydrogen-bond donors (Lipinski definition) is 1. The molecule has 1 atom stereocenters. The molecule has 2 aromatic rings. The molecule has 2 aliphatic rings. The molecule has 1 aliphatic heterocycles. The number of aromatic nitrogens is 4. The minimum atomic E-state index is 0.209. The molecular weight excluding hydrogens is 302 g/mol. The Hall–Kier alpha value is -1.66. The molecule has 1 saturated carbocycles. The molecule has 6 nitrogen and oxygen atoms in total. The second kappa shape index (κ2) is 5.85. The Morgan fingerprint density at radius 1 is 1.32 bits per heavy atom. The van der Waals surface area contributed by atoms with Crippen LogP contribution in [0, 0.1) is 0 Å². The van der Waals surface area contributed by atoms with Crippen LogP contribution in [0.5, 0.6) is 5.75 Å². The van der Waals surface area contributed by atoms with Gasteiger partial charge in [-0.2, -0.15) is 0 Å². The molecule has 22 heavy (non-hydrogen) atoms. The van der Waals surface area contributed by atoms with Gasteiger partial charge in [0.25, 0.3) is 0 Å². The Bertz CT molecular complexity index is 670. The van der Waals surface area contributed by atoms with Crippen molar-refractivity contribution in [3.63, 3.8) is 0 Å². The summed E-state index contributed by atoms with van der Waals surface area (Å²) in [5, 5.41) is 16.3. The van der Waals surface area contributed by atoms with Crippen molar-refractivity contribution in [1.29, 1.82) is 0 Å². The van der Waals surface area contributed by atoms with Crippen LogP contribution < -0.4 is 10.1 Å². The van der Waals surface area contributed by atoms with E-state index in [4.69, 9.17) is 16.3 Å². The quantitative estimate of drug-likeness (QED) is 0.938. The average molecular weight is 320 g/mol. The van der Waals surface area contributed by atoms with Crippen molar-refractivity contribution >= 4 is 11.6 Å².